The minimum atomic E-state index is 0.0841. The number of nitrogens with zero attached hydrogens (tertiary/aromatic N) is 2. The quantitative estimate of drug-likeness (QED) is 0.808. The first-order chi connectivity index (χ1) is 12.6. The van der Waals surface area contributed by atoms with E-state index in [0.29, 0.717) is 6.61 Å². The highest BCUT2D eigenvalue weighted by molar-refractivity contribution is 5.49. The molecule has 5 nitrogen and oxygen atoms in total. The molecular formula is C21H34N2O3. The summed E-state index contributed by atoms with van der Waals surface area (Å²) in [6, 6.07) is 4.14. The molecule has 0 atom stereocenters. The van der Waals surface area contributed by atoms with E-state index in [1.54, 1.807) is 14.2 Å². The Morgan fingerprint density at radius 3 is 2.27 bits per heavy atom. The summed E-state index contributed by atoms with van der Waals surface area (Å²) in [5.74, 6) is 1.80. The maximum atomic E-state index is 10.1. The number of methoxy groups -OCH3 is 2. The number of piperidine rings is 1. The van der Waals surface area contributed by atoms with E-state index in [2.05, 4.69) is 15.9 Å². The summed E-state index contributed by atoms with van der Waals surface area (Å²) in [7, 11) is 3.43. The van der Waals surface area contributed by atoms with Crippen LogP contribution in [0.15, 0.2) is 12.1 Å². The third-order valence-corrected chi connectivity index (χ3v) is 6.27. The van der Waals surface area contributed by atoms with Gasteiger partial charge in [-0.05, 0) is 64.9 Å². The van der Waals surface area contributed by atoms with Gasteiger partial charge in [0.05, 0.1) is 20.8 Å². The lowest BCUT2D eigenvalue weighted by molar-refractivity contribution is 0.0163. The Labute approximate surface area is 157 Å². The van der Waals surface area contributed by atoms with E-state index in [0.717, 1.165) is 56.1 Å². The summed E-state index contributed by atoms with van der Waals surface area (Å²) in [6.07, 6.45) is 4.75. The minimum Gasteiger partial charge on any atom is -0.496 e. The summed E-state index contributed by atoms with van der Waals surface area (Å²) in [4.78, 5) is 5.03. The molecule has 0 amide bonds. The molecule has 0 aliphatic carbocycles. The van der Waals surface area contributed by atoms with Crippen LogP contribution in [0, 0.1) is 12.3 Å². The van der Waals surface area contributed by atoms with E-state index in [1.807, 2.05) is 13.0 Å². The van der Waals surface area contributed by atoms with Gasteiger partial charge in [-0.3, -0.25) is 4.90 Å². The third kappa shape index (κ3) is 4.16. The number of benzene rings is 1. The maximum Gasteiger partial charge on any atom is 0.129 e. The third-order valence-electron chi connectivity index (χ3n) is 6.27. The van der Waals surface area contributed by atoms with Gasteiger partial charge >= 0.3 is 0 Å². The highest BCUT2D eigenvalue weighted by Gasteiger charge is 2.36. The maximum absolute atomic E-state index is 10.1. The molecule has 0 spiro atoms. The van der Waals surface area contributed by atoms with E-state index in [-0.39, 0.29) is 5.41 Å². The number of hydrogen-bond donors (Lipinski definition) is 1. The molecule has 0 unspecified atom stereocenters. The first-order valence-corrected chi connectivity index (χ1v) is 9.87. The van der Waals surface area contributed by atoms with Crippen molar-refractivity contribution in [1.29, 1.82) is 0 Å². The number of likely N-dealkylation sites (tertiary alicyclic amines) is 2. The number of aliphatic hydroxyl groups is 1. The molecule has 5 heteroatoms. The van der Waals surface area contributed by atoms with Gasteiger partial charge in [0.2, 0.25) is 0 Å². The average molecular weight is 363 g/mol. The van der Waals surface area contributed by atoms with E-state index in [1.165, 1.54) is 31.5 Å². The van der Waals surface area contributed by atoms with Gasteiger partial charge in [0.1, 0.15) is 11.5 Å². The van der Waals surface area contributed by atoms with Crippen LogP contribution in [0.4, 0.5) is 0 Å². The molecule has 1 aromatic carbocycles. The lowest BCUT2D eigenvalue weighted by Gasteiger charge is -2.43. The monoisotopic (exact) mass is 362 g/mol. The van der Waals surface area contributed by atoms with Gasteiger partial charge in [-0.25, -0.2) is 0 Å². The van der Waals surface area contributed by atoms with Crippen LogP contribution in [0.3, 0.4) is 0 Å². The van der Waals surface area contributed by atoms with Crippen LogP contribution >= 0.6 is 0 Å². The molecule has 1 N–H and O–H groups in total. The Hall–Kier alpha value is -1.30. The Kier molecular flexibility index (Phi) is 6.43. The van der Waals surface area contributed by atoms with Crippen LogP contribution in [0.1, 0.15) is 36.8 Å². The van der Waals surface area contributed by atoms with Crippen LogP contribution in [0.25, 0.3) is 0 Å². The summed E-state index contributed by atoms with van der Waals surface area (Å²) in [5.41, 5.74) is 2.35. The van der Waals surface area contributed by atoms with Crippen molar-refractivity contribution < 1.29 is 14.6 Å². The standard InChI is InChI=1S/C21H34N2O3/c1-17-19(25-2)7-6-18(20(17)26-3)14-22-12-8-21(16-24,9-13-22)15-23-10-4-5-11-23/h6-7,24H,4-5,8-16H2,1-3H3. The molecule has 0 aromatic heterocycles. The molecule has 0 radical (unpaired) electrons. The van der Waals surface area contributed by atoms with Gasteiger partial charge in [0.25, 0.3) is 0 Å². The molecular weight excluding hydrogens is 328 g/mol. The average Bonchev–Trinajstić information content (AvgIpc) is 3.17. The number of ether oxygens (including phenoxy) is 2. The van der Waals surface area contributed by atoms with Crippen LogP contribution in [0.2, 0.25) is 0 Å². The molecule has 1 aromatic rings. The first kappa shape index (κ1) is 19.5. The molecule has 0 saturated carbocycles. The normalized spacial score (nSPS) is 21.1. The molecule has 2 fully saturated rings. The van der Waals surface area contributed by atoms with Crippen LogP contribution in [-0.2, 0) is 6.54 Å². The van der Waals surface area contributed by atoms with Gasteiger partial charge in [-0.2, -0.15) is 0 Å². The fourth-order valence-corrected chi connectivity index (χ4v) is 4.57. The number of aliphatic hydroxyl groups excluding tert-OH is 1. The van der Waals surface area contributed by atoms with Gasteiger partial charge < -0.3 is 19.5 Å². The van der Waals surface area contributed by atoms with Crippen molar-refractivity contribution in [1.82, 2.24) is 9.80 Å². The smallest absolute Gasteiger partial charge is 0.129 e. The highest BCUT2D eigenvalue weighted by Crippen LogP contribution is 2.36. The fraction of sp³-hybridized carbons (Fsp3) is 0.714. The van der Waals surface area contributed by atoms with E-state index < -0.39 is 0 Å². The molecule has 2 saturated heterocycles. The molecule has 146 valence electrons. The minimum absolute atomic E-state index is 0.0841. The van der Waals surface area contributed by atoms with E-state index >= 15 is 0 Å². The van der Waals surface area contributed by atoms with Gasteiger partial charge in [0.15, 0.2) is 0 Å². The number of hydrogen-bond acceptors (Lipinski definition) is 5. The fourth-order valence-electron chi connectivity index (χ4n) is 4.57. The van der Waals surface area contributed by atoms with Gasteiger partial charge in [0, 0.05) is 29.6 Å². The molecule has 2 aliphatic heterocycles. The molecule has 26 heavy (non-hydrogen) atoms. The lowest BCUT2D eigenvalue weighted by atomic mass is 9.78. The van der Waals surface area contributed by atoms with Crippen LogP contribution < -0.4 is 9.47 Å². The number of rotatable bonds is 7. The van der Waals surface area contributed by atoms with Crippen molar-refractivity contribution in [3.63, 3.8) is 0 Å². The SMILES string of the molecule is COc1ccc(CN2CCC(CO)(CN3CCCC3)CC2)c(OC)c1C. The lowest BCUT2D eigenvalue weighted by Crippen LogP contribution is -2.47. The Morgan fingerprint density at radius 2 is 1.69 bits per heavy atom. The second kappa shape index (κ2) is 8.59. The summed E-state index contributed by atoms with van der Waals surface area (Å²) in [5, 5.41) is 10.1. The van der Waals surface area contributed by atoms with E-state index in [9.17, 15) is 5.11 Å². The second-order valence-electron chi connectivity index (χ2n) is 8.00. The molecule has 2 heterocycles. The van der Waals surface area contributed by atoms with Crippen molar-refractivity contribution >= 4 is 0 Å². The summed E-state index contributed by atoms with van der Waals surface area (Å²) >= 11 is 0. The van der Waals surface area contributed by atoms with Crippen LogP contribution in [0.5, 0.6) is 11.5 Å². The molecule has 0 bridgehead atoms. The Bertz CT molecular complexity index is 591. The first-order valence-electron chi connectivity index (χ1n) is 9.87. The predicted molar refractivity (Wildman–Crippen MR) is 104 cm³/mol. The van der Waals surface area contributed by atoms with Gasteiger partial charge in [-0.15, -0.1) is 0 Å². The largest absolute Gasteiger partial charge is 0.496 e. The Balaban J connectivity index is 1.62. The topological polar surface area (TPSA) is 45.2 Å². The summed E-state index contributed by atoms with van der Waals surface area (Å²) in [6.45, 7) is 8.76. The van der Waals surface area contributed by atoms with Crippen molar-refractivity contribution in [2.45, 2.75) is 39.2 Å². The van der Waals surface area contributed by atoms with E-state index in [4.69, 9.17) is 9.47 Å². The predicted octanol–water partition coefficient (Wildman–Crippen LogP) is 2.68. The zero-order valence-corrected chi connectivity index (χ0v) is 16.6. The molecule has 2 aliphatic rings. The van der Waals surface area contributed by atoms with Crippen molar-refractivity contribution in [2.75, 3.05) is 53.6 Å². The van der Waals surface area contributed by atoms with Crippen LogP contribution in [-0.4, -0.2) is 68.5 Å². The zero-order chi connectivity index (χ0) is 18.6. The zero-order valence-electron chi connectivity index (χ0n) is 16.6. The van der Waals surface area contributed by atoms with Crippen molar-refractivity contribution in [2.24, 2.45) is 5.41 Å². The van der Waals surface area contributed by atoms with Gasteiger partial charge in [-0.1, -0.05) is 6.07 Å². The van der Waals surface area contributed by atoms with Crippen molar-refractivity contribution in [3.05, 3.63) is 23.3 Å². The Morgan fingerprint density at radius 1 is 1.00 bits per heavy atom. The summed E-state index contributed by atoms with van der Waals surface area (Å²) < 4.78 is 11.1. The molecule has 3 rings (SSSR count). The second-order valence-corrected chi connectivity index (χ2v) is 8.00. The van der Waals surface area contributed by atoms with Crippen molar-refractivity contribution in [3.8, 4) is 11.5 Å². The highest BCUT2D eigenvalue weighted by atomic mass is 16.5.